The number of carbonyl (C=O) groups is 1. The number of methoxy groups -OCH3 is 1. The number of nitrogens with two attached hydrogens (primary N) is 1. The van der Waals surface area contributed by atoms with Gasteiger partial charge in [0.25, 0.3) is 0 Å². The van der Waals surface area contributed by atoms with Crippen LogP contribution in [-0.2, 0) is 11.2 Å². The Morgan fingerprint density at radius 2 is 2.16 bits per heavy atom. The molecular formula is C14H23N3O2. The zero-order chi connectivity index (χ0) is 14.4. The molecule has 0 spiro atoms. The van der Waals surface area contributed by atoms with Crippen molar-refractivity contribution in [1.29, 1.82) is 0 Å². The Morgan fingerprint density at radius 3 is 2.68 bits per heavy atom. The van der Waals surface area contributed by atoms with Crippen LogP contribution in [0.5, 0.6) is 5.75 Å². The van der Waals surface area contributed by atoms with E-state index in [0.717, 1.165) is 17.7 Å². The van der Waals surface area contributed by atoms with Gasteiger partial charge in [-0.2, -0.15) is 0 Å². The number of rotatable bonds is 6. The maximum atomic E-state index is 11.7. The summed E-state index contributed by atoms with van der Waals surface area (Å²) in [5.41, 5.74) is 10.8. The van der Waals surface area contributed by atoms with E-state index < -0.39 is 0 Å². The van der Waals surface area contributed by atoms with Crippen LogP contribution in [0, 0.1) is 0 Å². The number of hydrazine groups is 1. The van der Waals surface area contributed by atoms with E-state index in [0.29, 0.717) is 0 Å². The van der Waals surface area contributed by atoms with Gasteiger partial charge in [0.15, 0.2) is 0 Å². The third-order valence-corrected chi connectivity index (χ3v) is 2.86. The first-order valence-corrected chi connectivity index (χ1v) is 6.37. The van der Waals surface area contributed by atoms with E-state index in [4.69, 9.17) is 10.5 Å². The number of hydrogen-bond donors (Lipinski definition) is 2. The lowest BCUT2D eigenvalue weighted by molar-refractivity contribution is -0.125. The lowest BCUT2D eigenvalue weighted by atomic mass is 9.99. The molecule has 0 saturated heterocycles. The largest absolute Gasteiger partial charge is 0.496 e. The molecule has 0 radical (unpaired) electrons. The number of ether oxygens (including phenoxy) is 1. The van der Waals surface area contributed by atoms with E-state index in [9.17, 15) is 4.79 Å². The fraction of sp³-hybridized carbons (Fsp3) is 0.500. The number of hydrogen-bond acceptors (Lipinski definition) is 4. The zero-order valence-electron chi connectivity index (χ0n) is 12.1. The van der Waals surface area contributed by atoms with Crippen molar-refractivity contribution in [3.05, 3.63) is 29.3 Å². The minimum atomic E-state index is -0.374. The van der Waals surface area contributed by atoms with E-state index in [1.807, 2.05) is 18.2 Å². The van der Waals surface area contributed by atoms with Crippen molar-refractivity contribution in [2.75, 3.05) is 21.2 Å². The second kappa shape index (κ2) is 7.11. The van der Waals surface area contributed by atoms with E-state index >= 15 is 0 Å². The van der Waals surface area contributed by atoms with E-state index in [2.05, 4.69) is 12.3 Å². The molecule has 0 bridgehead atoms. The first kappa shape index (κ1) is 15.5. The monoisotopic (exact) mass is 265 g/mol. The van der Waals surface area contributed by atoms with Crippen LogP contribution in [0.15, 0.2) is 18.2 Å². The summed E-state index contributed by atoms with van der Waals surface area (Å²) in [6.07, 6.45) is 1.15. The molecule has 19 heavy (non-hydrogen) atoms. The molecule has 1 rings (SSSR count). The molecule has 0 fully saturated rings. The highest BCUT2D eigenvalue weighted by molar-refractivity contribution is 5.76. The molecule has 1 atom stereocenters. The third-order valence-electron chi connectivity index (χ3n) is 2.86. The van der Waals surface area contributed by atoms with Gasteiger partial charge in [-0.05, 0) is 18.1 Å². The molecule has 0 aliphatic heterocycles. The third kappa shape index (κ3) is 4.54. The lowest BCUT2D eigenvalue weighted by Gasteiger charge is -2.18. The van der Waals surface area contributed by atoms with Gasteiger partial charge in [0.1, 0.15) is 5.75 Å². The zero-order valence-corrected chi connectivity index (χ0v) is 12.1. The minimum absolute atomic E-state index is 0.110. The first-order valence-electron chi connectivity index (χ1n) is 6.37. The molecule has 0 aliphatic rings. The van der Waals surface area contributed by atoms with Crippen LogP contribution < -0.4 is 15.9 Å². The second-order valence-electron chi connectivity index (χ2n) is 4.67. The Morgan fingerprint density at radius 1 is 1.47 bits per heavy atom. The summed E-state index contributed by atoms with van der Waals surface area (Å²) in [7, 11) is 5.14. The van der Waals surface area contributed by atoms with Gasteiger partial charge in [0, 0.05) is 32.1 Å². The smallest absolute Gasteiger partial charge is 0.236 e. The fourth-order valence-corrected chi connectivity index (χ4v) is 1.90. The van der Waals surface area contributed by atoms with Crippen LogP contribution in [0.4, 0.5) is 0 Å². The van der Waals surface area contributed by atoms with Gasteiger partial charge in [-0.25, -0.2) is 5.01 Å². The van der Waals surface area contributed by atoms with E-state index in [-0.39, 0.29) is 18.4 Å². The molecule has 5 nitrogen and oxygen atoms in total. The van der Waals surface area contributed by atoms with Crippen LogP contribution in [0.2, 0.25) is 0 Å². The molecule has 0 aliphatic carbocycles. The standard InChI is InChI=1S/C14H23N3O2/c1-5-10-6-7-13(19-4)11(8-10)12(15)9-14(18)16-17(2)3/h6-8,12H,5,9,15H2,1-4H3,(H,16,18). The summed E-state index contributed by atoms with van der Waals surface area (Å²) >= 11 is 0. The number of nitrogens with one attached hydrogen (secondary N) is 1. The molecule has 0 heterocycles. The Bertz CT molecular complexity index is 433. The number of carbonyl (C=O) groups excluding carboxylic acids is 1. The van der Waals surface area contributed by atoms with Gasteiger partial charge in [-0.15, -0.1) is 0 Å². The Hall–Kier alpha value is -1.59. The van der Waals surface area contributed by atoms with Crippen LogP contribution in [0.25, 0.3) is 0 Å². The number of aryl methyl sites for hydroxylation is 1. The summed E-state index contributed by atoms with van der Waals surface area (Å²) in [6.45, 7) is 2.08. The van der Waals surface area contributed by atoms with Gasteiger partial charge >= 0.3 is 0 Å². The van der Waals surface area contributed by atoms with E-state index in [1.165, 1.54) is 5.56 Å². The van der Waals surface area contributed by atoms with Crippen molar-refractivity contribution in [3.8, 4) is 5.75 Å². The minimum Gasteiger partial charge on any atom is -0.496 e. The molecule has 0 aromatic heterocycles. The lowest BCUT2D eigenvalue weighted by Crippen LogP contribution is -2.37. The van der Waals surface area contributed by atoms with Crippen molar-refractivity contribution in [2.24, 2.45) is 5.73 Å². The van der Waals surface area contributed by atoms with Crippen LogP contribution in [0.3, 0.4) is 0 Å². The van der Waals surface area contributed by atoms with Gasteiger partial charge < -0.3 is 10.5 Å². The van der Waals surface area contributed by atoms with Crippen molar-refractivity contribution in [1.82, 2.24) is 10.4 Å². The van der Waals surface area contributed by atoms with Gasteiger partial charge in [-0.1, -0.05) is 19.1 Å². The Kier molecular flexibility index (Phi) is 5.79. The van der Waals surface area contributed by atoms with Crippen LogP contribution in [-0.4, -0.2) is 32.1 Å². The molecule has 1 unspecified atom stereocenters. The maximum Gasteiger partial charge on any atom is 0.236 e. The van der Waals surface area contributed by atoms with Gasteiger partial charge in [0.2, 0.25) is 5.91 Å². The highest BCUT2D eigenvalue weighted by atomic mass is 16.5. The molecule has 3 N–H and O–H groups in total. The summed E-state index contributed by atoms with van der Waals surface area (Å²) in [5.74, 6) is 0.615. The average Bonchev–Trinajstić information content (AvgIpc) is 2.36. The first-order chi connectivity index (χ1) is 8.97. The summed E-state index contributed by atoms with van der Waals surface area (Å²) in [5, 5.41) is 1.61. The molecule has 5 heteroatoms. The average molecular weight is 265 g/mol. The van der Waals surface area contributed by atoms with Crippen molar-refractivity contribution in [2.45, 2.75) is 25.8 Å². The summed E-state index contributed by atoms with van der Waals surface area (Å²) in [6, 6.07) is 5.54. The van der Waals surface area contributed by atoms with Crippen molar-refractivity contribution >= 4 is 5.91 Å². The van der Waals surface area contributed by atoms with Crippen molar-refractivity contribution < 1.29 is 9.53 Å². The highest BCUT2D eigenvalue weighted by Gasteiger charge is 2.16. The second-order valence-corrected chi connectivity index (χ2v) is 4.67. The fourth-order valence-electron chi connectivity index (χ4n) is 1.90. The number of benzene rings is 1. The predicted molar refractivity (Wildman–Crippen MR) is 75.7 cm³/mol. The molecular weight excluding hydrogens is 242 g/mol. The summed E-state index contributed by atoms with van der Waals surface area (Å²) in [4.78, 5) is 11.7. The number of amides is 1. The molecule has 106 valence electrons. The number of nitrogens with zero attached hydrogens (tertiary/aromatic N) is 1. The molecule has 1 aromatic rings. The van der Waals surface area contributed by atoms with Crippen LogP contribution in [0.1, 0.15) is 30.5 Å². The molecule has 1 amide bonds. The maximum absolute atomic E-state index is 11.7. The Balaban J connectivity index is 2.85. The topological polar surface area (TPSA) is 67.6 Å². The van der Waals surface area contributed by atoms with Crippen LogP contribution >= 0.6 is 0 Å². The quantitative estimate of drug-likeness (QED) is 0.759. The summed E-state index contributed by atoms with van der Waals surface area (Å²) < 4.78 is 5.31. The molecule has 1 aromatic carbocycles. The van der Waals surface area contributed by atoms with Crippen molar-refractivity contribution in [3.63, 3.8) is 0 Å². The van der Waals surface area contributed by atoms with E-state index in [1.54, 1.807) is 26.2 Å². The molecule has 0 saturated carbocycles. The van der Waals surface area contributed by atoms with Gasteiger partial charge in [0.05, 0.1) is 7.11 Å². The Labute approximate surface area is 114 Å². The normalized spacial score (nSPS) is 12.3. The highest BCUT2D eigenvalue weighted by Crippen LogP contribution is 2.27. The predicted octanol–water partition coefficient (Wildman–Crippen LogP) is 1.24. The van der Waals surface area contributed by atoms with Gasteiger partial charge in [-0.3, -0.25) is 10.2 Å². The SMILES string of the molecule is CCc1ccc(OC)c(C(N)CC(=O)NN(C)C)c1.